The molecule has 1 unspecified atom stereocenters. The van der Waals surface area contributed by atoms with Crippen molar-refractivity contribution in [1.29, 1.82) is 0 Å². The fraction of sp³-hybridized carbons (Fsp3) is 0.562. The summed E-state index contributed by atoms with van der Waals surface area (Å²) in [5, 5.41) is 9.57. The maximum Gasteiger partial charge on any atom is 0.312 e. The Kier molecular flexibility index (Phi) is 4.78. The molecule has 4 heteroatoms. The quantitative estimate of drug-likeness (QED) is 0.909. The molecule has 110 valence electrons. The van der Waals surface area contributed by atoms with E-state index in [0.29, 0.717) is 6.54 Å². The number of hydrogen-bond donors (Lipinski definition) is 1. The van der Waals surface area contributed by atoms with Gasteiger partial charge < -0.3 is 10.0 Å². The normalized spacial score (nSPS) is 18.9. The molecule has 0 amide bonds. The Hall–Kier alpha value is -1.39. The second kappa shape index (κ2) is 6.37. The number of hydrogen-bond acceptors (Lipinski definition) is 3. The summed E-state index contributed by atoms with van der Waals surface area (Å²) in [5.74, 6) is -1.16. The minimum Gasteiger partial charge on any atom is -0.481 e. The average Bonchev–Trinajstić information content (AvgIpc) is 2.39. The third kappa shape index (κ3) is 3.58. The van der Waals surface area contributed by atoms with E-state index in [-0.39, 0.29) is 0 Å². The predicted molar refractivity (Wildman–Crippen MR) is 80.2 cm³/mol. The van der Waals surface area contributed by atoms with Crippen LogP contribution in [0.2, 0.25) is 0 Å². The van der Waals surface area contributed by atoms with Crippen molar-refractivity contribution in [2.45, 2.75) is 19.8 Å². The summed E-state index contributed by atoms with van der Waals surface area (Å²) in [5.41, 5.74) is 3.20. The van der Waals surface area contributed by atoms with Crippen LogP contribution >= 0.6 is 0 Å². The van der Waals surface area contributed by atoms with Crippen LogP contribution in [0.4, 0.5) is 0 Å². The largest absolute Gasteiger partial charge is 0.481 e. The Morgan fingerprint density at radius 1 is 1.25 bits per heavy atom. The van der Waals surface area contributed by atoms with Crippen LogP contribution in [0, 0.1) is 13.8 Å². The Bertz CT molecular complexity index is 479. The lowest BCUT2D eigenvalue weighted by atomic mass is 9.93. The summed E-state index contributed by atoms with van der Waals surface area (Å²) in [6, 6.07) is 6.04. The summed E-state index contributed by atoms with van der Waals surface area (Å²) < 4.78 is 0. The first-order valence-electron chi connectivity index (χ1n) is 7.18. The lowest BCUT2D eigenvalue weighted by Gasteiger charge is -2.34. The van der Waals surface area contributed by atoms with Crippen LogP contribution in [0.5, 0.6) is 0 Å². The minimum absolute atomic E-state index is 0.431. The lowest BCUT2D eigenvalue weighted by Crippen LogP contribution is -2.46. The first-order valence-corrected chi connectivity index (χ1v) is 7.18. The van der Waals surface area contributed by atoms with E-state index in [9.17, 15) is 9.90 Å². The summed E-state index contributed by atoms with van der Waals surface area (Å²) in [4.78, 5) is 16.2. The highest BCUT2D eigenvalue weighted by Crippen LogP contribution is 2.23. The zero-order valence-corrected chi connectivity index (χ0v) is 12.6. The minimum atomic E-state index is -0.726. The van der Waals surface area contributed by atoms with Gasteiger partial charge in [-0.25, -0.2) is 0 Å². The van der Waals surface area contributed by atoms with Crippen LogP contribution in [0.1, 0.15) is 22.6 Å². The molecule has 1 heterocycles. The highest BCUT2D eigenvalue weighted by atomic mass is 16.4. The molecule has 0 bridgehead atoms. The van der Waals surface area contributed by atoms with E-state index in [0.717, 1.165) is 37.3 Å². The monoisotopic (exact) mass is 276 g/mol. The molecule has 0 saturated carbocycles. The van der Waals surface area contributed by atoms with Gasteiger partial charge >= 0.3 is 5.97 Å². The molecule has 1 aromatic carbocycles. The first kappa shape index (κ1) is 15.0. The Balaban J connectivity index is 2.13. The van der Waals surface area contributed by atoms with E-state index in [2.05, 4.69) is 22.9 Å². The molecule has 0 radical (unpaired) electrons. The van der Waals surface area contributed by atoms with Crippen LogP contribution in [0.25, 0.3) is 0 Å². The molecule has 0 aliphatic carbocycles. The molecule has 1 fully saturated rings. The van der Waals surface area contributed by atoms with Crippen molar-refractivity contribution in [2.75, 3.05) is 39.8 Å². The molecule has 1 aromatic rings. The summed E-state index contributed by atoms with van der Waals surface area (Å²) >= 11 is 0. The standard InChI is InChI=1S/C16H24N2O2/c1-12-4-5-14(13(2)10-12)15(16(19)20)11-18-8-6-17(3)7-9-18/h4-5,10,15H,6-9,11H2,1-3H3,(H,19,20). The zero-order chi connectivity index (χ0) is 14.7. The number of carboxylic acid groups (broad SMARTS) is 1. The number of piperazine rings is 1. The smallest absolute Gasteiger partial charge is 0.312 e. The van der Waals surface area contributed by atoms with Crippen molar-refractivity contribution in [3.63, 3.8) is 0 Å². The summed E-state index contributed by atoms with van der Waals surface area (Å²) in [7, 11) is 2.11. The van der Waals surface area contributed by atoms with Crippen LogP contribution < -0.4 is 0 Å². The molecule has 1 N–H and O–H groups in total. The number of aryl methyl sites for hydroxylation is 2. The number of likely N-dealkylation sites (N-methyl/N-ethyl adjacent to an activating group) is 1. The molecular weight excluding hydrogens is 252 g/mol. The van der Waals surface area contributed by atoms with E-state index in [1.807, 2.05) is 26.0 Å². The van der Waals surface area contributed by atoms with Crippen molar-refractivity contribution in [3.05, 3.63) is 34.9 Å². The maximum atomic E-state index is 11.6. The van der Waals surface area contributed by atoms with Gasteiger partial charge in [-0.05, 0) is 32.0 Å². The fourth-order valence-electron chi connectivity index (χ4n) is 2.81. The summed E-state index contributed by atoms with van der Waals surface area (Å²) in [6.07, 6.45) is 0. The van der Waals surface area contributed by atoms with Crippen molar-refractivity contribution in [3.8, 4) is 0 Å². The van der Waals surface area contributed by atoms with Crippen LogP contribution in [0.15, 0.2) is 18.2 Å². The number of nitrogens with zero attached hydrogens (tertiary/aromatic N) is 2. The van der Waals surface area contributed by atoms with Crippen molar-refractivity contribution in [2.24, 2.45) is 0 Å². The van der Waals surface area contributed by atoms with Gasteiger partial charge in [0.05, 0.1) is 5.92 Å². The van der Waals surface area contributed by atoms with Crippen molar-refractivity contribution >= 4 is 5.97 Å². The Morgan fingerprint density at radius 2 is 1.90 bits per heavy atom. The predicted octanol–water partition coefficient (Wildman–Crippen LogP) is 1.72. The highest BCUT2D eigenvalue weighted by molar-refractivity contribution is 5.77. The third-order valence-electron chi connectivity index (χ3n) is 4.14. The van der Waals surface area contributed by atoms with Crippen molar-refractivity contribution in [1.82, 2.24) is 9.80 Å². The van der Waals surface area contributed by atoms with Crippen LogP contribution in [-0.4, -0.2) is 60.6 Å². The number of aliphatic carboxylic acids is 1. The van der Waals surface area contributed by atoms with Crippen LogP contribution in [-0.2, 0) is 4.79 Å². The topological polar surface area (TPSA) is 43.8 Å². The van der Waals surface area contributed by atoms with E-state index in [1.165, 1.54) is 5.56 Å². The van der Waals surface area contributed by atoms with Gasteiger partial charge in [-0.1, -0.05) is 23.8 Å². The molecule has 0 aromatic heterocycles. The molecule has 2 rings (SSSR count). The Morgan fingerprint density at radius 3 is 2.45 bits per heavy atom. The van der Waals surface area contributed by atoms with Gasteiger partial charge in [-0.15, -0.1) is 0 Å². The SMILES string of the molecule is Cc1ccc(C(CN2CCN(C)CC2)C(=O)O)c(C)c1. The highest BCUT2D eigenvalue weighted by Gasteiger charge is 2.26. The van der Waals surface area contributed by atoms with Gasteiger partial charge in [0, 0.05) is 32.7 Å². The first-order chi connectivity index (χ1) is 9.47. The average molecular weight is 276 g/mol. The third-order valence-corrected chi connectivity index (χ3v) is 4.14. The molecule has 0 spiro atoms. The molecule has 4 nitrogen and oxygen atoms in total. The molecule has 1 aliphatic heterocycles. The maximum absolute atomic E-state index is 11.6. The molecule has 1 aliphatic rings. The van der Waals surface area contributed by atoms with Gasteiger partial charge in [0.15, 0.2) is 0 Å². The number of rotatable bonds is 4. The number of benzene rings is 1. The van der Waals surface area contributed by atoms with E-state index in [4.69, 9.17) is 0 Å². The zero-order valence-electron chi connectivity index (χ0n) is 12.6. The second-order valence-corrected chi connectivity index (χ2v) is 5.85. The molecule has 1 atom stereocenters. The fourth-order valence-corrected chi connectivity index (χ4v) is 2.81. The Labute approximate surface area is 121 Å². The number of carbonyl (C=O) groups is 1. The van der Waals surface area contributed by atoms with Gasteiger partial charge in [0.25, 0.3) is 0 Å². The van der Waals surface area contributed by atoms with Crippen molar-refractivity contribution < 1.29 is 9.90 Å². The van der Waals surface area contributed by atoms with E-state index >= 15 is 0 Å². The lowest BCUT2D eigenvalue weighted by molar-refractivity contribution is -0.139. The van der Waals surface area contributed by atoms with E-state index in [1.54, 1.807) is 0 Å². The molecular formula is C16H24N2O2. The van der Waals surface area contributed by atoms with Gasteiger partial charge in [0.2, 0.25) is 0 Å². The van der Waals surface area contributed by atoms with Crippen LogP contribution in [0.3, 0.4) is 0 Å². The van der Waals surface area contributed by atoms with Gasteiger partial charge in [-0.2, -0.15) is 0 Å². The second-order valence-electron chi connectivity index (χ2n) is 5.85. The molecule has 1 saturated heterocycles. The van der Waals surface area contributed by atoms with Gasteiger partial charge in [-0.3, -0.25) is 9.69 Å². The number of carboxylic acids is 1. The summed E-state index contributed by atoms with van der Waals surface area (Å²) in [6.45, 7) is 8.57. The van der Waals surface area contributed by atoms with E-state index < -0.39 is 11.9 Å². The molecule has 20 heavy (non-hydrogen) atoms. The van der Waals surface area contributed by atoms with Gasteiger partial charge in [0.1, 0.15) is 0 Å².